The first-order valence-corrected chi connectivity index (χ1v) is 16.6. The molecule has 0 amide bonds. The van der Waals surface area contributed by atoms with E-state index in [0.29, 0.717) is 11.9 Å². The van der Waals surface area contributed by atoms with E-state index < -0.39 is 20.0 Å². The molecule has 2 fully saturated rings. The van der Waals surface area contributed by atoms with Crippen LogP contribution in [0.1, 0.15) is 30.2 Å². The quantitative estimate of drug-likeness (QED) is 0.205. The second kappa shape index (κ2) is 8.56. The minimum atomic E-state index is -2.68. The first kappa shape index (κ1) is 23.7. The number of hydrogen-bond donors (Lipinski definition) is 4. The van der Waals surface area contributed by atoms with Crippen molar-refractivity contribution in [2.45, 2.75) is 43.6 Å². The van der Waals surface area contributed by atoms with Gasteiger partial charge in [-0.25, -0.2) is 18.7 Å². The second-order valence-electron chi connectivity index (χ2n) is 11.6. The van der Waals surface area contributed by atoms with Crippen LogP contribution in [0.3, 0.4) is 0 Å². The number of aromatic nitrogens is 4. The van der Waals surface area contributed by atoms with Crippen LogP contribution in [0.2, 0.25) is 19.1 Å². The summed E-state index contributed by atoms with van der Waals surface area (Å²) in [6.07, 6.45) is 2.62. The molecule has 0 aliphatic carbocycles. The van der Waals surface area contributed by atoms with Crippen molar-refractivity contribution in [3.8, 4) is 22.4 Å². The molecule has 7 rings (SSSR count). The molecule has 0 saturated carbocycles. The van der Waals surface area contributed by atoms with Gasteiger partial charge in [0.1, 0.15) is 11.6 Å². The third-order valence-corrected chi connectivity index (χ3v) is 10.6. The van der Waals surface area contributed by atoms with Crippen LogP contribution >= 0.6 is 0 Å². The third kappa shape index (κ3) is 4.24. The summed E-state index contributed by atoms with van der Waals surface area (Å²) in [5.41, 5.74) is 6.14. The van der Waals surface area contributed by atoms with Gasteiger partial charge in [-0.3, -0.25) is 0 Å². The molecule has 2 atom stereocenters. The number of halogens is 2. The molecular formula is C29H30F2N6Si. The summed E-state index contributed by atoms with van der Waals surface area (Å²) < 4.78 is 27.1. The van der Waals surface area contributed by atoms with Gasteiger partial charge in [0.2, 0.25) is 0 Å². The molecule has 0 spiro atoms. The maximum absolute atomic E-state index is 13.6. The van der Waals surface area contributed by atoms with Crippen molar-refractivity contribution in [2.75, 3.05) is 12.7 Å². The summed E-state index contributed by atoms with van der Waals surface area (Å²) in [5, 5.41) is 8.86. The number of alkyl halides is 2. The molecule has 4 heterocycles. The fraction of sp³-hybridized carbons (Fsp3) is 0.310. The smallest absolute Gasteiger partial charge is 0.262 e. The van der Waals surface area contributed by atoms with Gasteiger partial charge in [0.25, 0.3) is 5.92 Å². The molecule has 6 nitrogen and oxygen atoms in total. The fourth-order valence-corrected chi connectivity index (χ4v) is 8.26. The molecule has 2 aliphatic heterocycles. The number of imidazole rings is 2. The number of H-pyrrole nitrogens is 2. The van der Waals surface area contributed by atoms with E-state index in [-0.39, 0.29) is 13.0 Å². The van der Waals surface area contributed by atoms with Crippen LogP contribution in [0.25, 0.3) is 44.2 Å². The number of hydrogen-bond acceptors (Lipinski definition) is 4. The summed E-state index contributed by atoms with van der Waals surface area (Å²) in [6.45, 7) is 4.55. The van der Waals surface area contributed by atoms with Crippen molar-refractivity contribution in [1.29, 1.82) is 0 Å². The lowest BCUT2D eigenvalue weighted by atomic mass is 9.99. The molecule has 4 N–H and O–H groups in total. The number of nitrogens with zero attached hydrogens (tertiary/aromatic N) is 2. The normalized spacial score (nSPS) is 22.5. The van der Waals surface area contributed by atoms with Gasteiger partial charge in [0, 0.05) is 11.8 Å². The van der Waals surface area contributed by atoms with Gasteiger partial charge in [0.05, 0.1) is 49.6 Å². The fourth-order valence-electron chi connectivity index (χ4n) is 5.87. The summed E-state index contributed by atoms with van der Waals surface area (Å²) >= 11 is 0. The molecule has 0 bridgehead atoms. The molecule has 3 aromatic carbocycles. The Balaban J connectivity index is 1.14. The molecular weight excluding hydrogens is 498 g/mol. The Morgan fingerprint density at radius 2 is 1.66 bits per heavy atom. The van der Waals surface area contributed by atoms with Crippen molar-refractivity contribution in [1.82, 2.24) is 30.6 Å². The molecule has 5 aromatic rings. The van der Waals surface area contributed by atoms with Gasteiger partial charge >= 0.3 is 0 Å². The SMILES string of the molecule is C[Si]1(C)CN[C@H](c2nc3ccc4cc(-c5ccc(-c6cnc([C@@H]7CC(F)(F)CN7)[nH]6)cc5)ccc4c3[nH]2)C1. The van der Waals surface area contributed by atoms with Gasteiger partial charge in [-0.2, -0.15) is 0 Å². The zero-order valence-corrected chi connectivity index (χ0v) is 22.4. The molecule has 2 aliphatic rings. The van der Waals surface area contributed by atoms with E-state index in [0.717, 1.165) is 45.4 Å². The summed E-state index contributed by atoms with van der Waals surface area (Å²) in [7, 11) is -1.18. The average molecular weight is 529 g/mol. The lowest BCUT2D eigenvalue weighted by Gasteiger charge is -2.11. The predicted molar refractivity (Wildman–Crippen MR) is 150 cm³/mol. The van der Waals surface area contributed by atoms with Crippen LogP contribution in [0.5, 0.6) is 0 Å². The van der Waals surface area contributed by atoms with E-state index in [9.17, 15) is 8.78 Å². The molecule has 2 saturated heterocycles. The third-order valence-electron chi connectivity index (χ3n) is 7.97. The first-order chi connectivity index (χ1) is 18.2. The number of rotatable bonds is 4. The van der Waals surface area contributed by atoms with E-state index in [4.69, 9.17) is 4.98 Å². The van der Waals surface area contributed by atoms with E-state index in [1.165, 1.54) is 16.8 Å². The monoisotopic (exact) mass is 528 g/mol. The Hall–Kier alpha value is -3.40. The average Bonchev–Trinajstić information content (AvgIpc) is 3.69. The Morgan fingerprint density at radius 3 is 2.39 bits per heavy atom. The topological polar surface area (TPSA) is 81.4 Å². The number of benzene rings is 3. The zero-order valence-electron chi connectivity index (χ0n) is 21.4. The Kier molecular flexibility index (Phi) is 5.33. The number of fused-ring (bicyclic) bond motifs is 3. The maximum Gasteiger partial charge on any atom is 0.262 e. The highest BCUT2D eigenvalue weighted by molar-refractivity contribution is 6.78. The van der Waals surface area contributed by atoms with Crippen molar-refractivity contribution < 1.29 is 8.78 Å². The van der Waals surface area contributed by atoms with Crippen LogP contribution in [0, 0.1) is 0 Å². The highest BCUT2D eigenvalue weighted by atomic mass is 28.3. The molecule has 0 unspecified atom stereocenters. The summed E-state index contributed by atoms with van der Waals surface area (Å²) in [5.74, 6) is -1.08. The van der Waals surface area contributed by atoms with Crippen LogP contribution in [0.4, 0.5) is 8.78 Å². The van der Waals surface area contributed by atoms with E-state index in [1.54, 1.807) is 6.20 Å². The highest BCUT2D eigenvalue weighted by Crippen LogP contribution is 2.35. The van der Waals surface area contributed by atoms with Crippen LogP contribution in [-0.4, -0.2) is 46.6 Å². The lowest BCUT2D eigenvalue weighted by molar-refractivity contribution is 0.0208. The summed E-state index contributed by atoms with van der Waals surface area (Å²) in [4.78, 5) is 16.1. The van der Waals surface area contributed by atoms with Crippen LogP contribution < -0.4 is 10.6 Å². The maximum atomic E-state index is 13.6. The first-order valence-electron chi connectivity index (χ1n) is 13.2. The Labute approximate surface area is 220 Å². The molecule has 0 radical (unpaired) electrons. The second-order valence-corrected chi connectivity index (χ2v) is 16.7. The van der Waals surface area contributed by atoms with Crippen molar-refractivity contribution in [3.05, 3.63) is 72.4 Å². The molecule has 9 heteroatoms. The Morgan fingerprint density at radius 1 is 0.868 bits per heavy atom. The van der Waals surface area contributed by atoms with E-state index in [2.05, 4.69) is 81.1 Å². The summed E-state index contributed by atoms with van der Waals surface area (Å²) in [6, 6.07) is 20.1. The van der Waals surface area contributed by atoms with Crippen molar-refractivity contribution in [3.63, 3.8) is 0 Å². The molecule has 194 valence electrons. The van der Waals surface area contributed by atoms with E-state index >= 15 is 0 Å². The van der Waals surface area contributed by atoms with Crippen LogP contribution in [-0.2, 0) is 0 Å². The van der Waals surface area contributed by atoms with Gasteiger partial charge in [-0.15, -0.1) is 0 Å². The zero-order chi connectivity index (χ0) is 26.1. The van der Waals surface area contributed by atoms with Crippen molar-refractivity contribution >= 4 is 29.9 Å². The molecule has 38 heavy (non-hydrogen) atoms. The highest BCUT2D eigenvalue weighted by Gasteiger charge is 2.41. The van der Waals surface area contributed by atoms with Gasteiger partial charge < -0.3 is 20.6 Å². The lowest BCUT2D eigenvalue weighted by Crippen LogP contribution is -2.28. The number of aromatic amines is 2. The van der Waals surface area contributed by atoms with Crippen molar-refractivity contribution in [2.24, 2.45) is 0 Å². The minimum absolute atomic E-state index is 0.232. The standard InChI is InChI=1S/C29H30F2N6Si/c1-38(2)14-25(34-16-38)28-35-22-10-8-20-11-19(7-9-21(20)26(22)37-28)17-3-5-18(6-4-17)24-13-32-27(36-24)23-12-29(30,31)15-33-23/h3-11,13,23,25,33-34H,12,14-16H2,1-2H3,(H,32,36)(H,35,37)/t23-,25-/m0/s1. The van der Waals surface area contributed by atoms with E-state index in [1.807, 2.05) is 12.1 Å². The van der Waals surface area contributed by atoms with Crippen LogP contribution in [0.15, 0.2) is 60.8 Å². The molecule has 2 aromatic heterocycles. The predicted octanol–water partition coefficient (Wildman–Crippen LogP) is 6.33. The number of nitrogens with one attached hydrogen (secondary N) is 4. The largest absolute Gasteiger partial charge is 0.341 e. The Bertz CT molecular complexity index is 1660. The van der Waals surface area contributed by atoms with Gasteiger partial charge in [-0.05, 0) is 46.4 Å². The van der Waals surface area contributed by atoms with Gasteiger partial charge in [0.15, 0.2) is 0 Å². The van der Waals surface area contributed by atoms with Gasteiger partial charge in [-0.1, -0.05) is 55.6 Å². The minimum Gasteiger partial charge on any atom is -0.341 e.